The van der Waals surface area contributed by atoms with Crippen molar-refractivity contribution in [2.45, 2.75) is 32.4 Å². The number of aliphatic hydroxyl groups is 1. The first-order valence-corrected chi connectivity index (χ1v) is 8.40. The zero-order chi connectivity index (χ0) is 16.8. The van der Waals surface area contributed by atoms with E-state index in [1.165, 1.54) is 12.8 Å². The van der Waals surface area contributed by atoms with Crippen LogP contribution in [-0.2, 0) is 0 Å². The fourth-order valence-corrected chi connectivity index (χ4v) is 3.10. The number of nitrogens with zero attached hydrogens (tertiary/aromatic N) is 2. The lowest BCUT2D eigenvalue weighted by Gasteiger charge is -2.28. The number of nitrogens with one attached hydrogen (secondary N) is 1. The SMILES string of the molecule is C.Cl.O=C(N[C@@H](CN1CCCC1)[C@@H](O)c1ccncc1)c1ccccc1. The summed E-state index contributed by atoms with van der Waals surface area (Å²) in [4.78, 5) is 18.8. The van der Waals surface area contributed by atoms with E-state index in [1.54, 1.807) is 36.7 Å². The van der Waals surface area contributed by atoms with Crippen LogP contribution in [0.4, 0.5) is 0 Å². The van der Waals surface area contributed by atoms with Crippen molar-refractivity contribution in [1.82, 2.24) is 15.2 Å². The Morgan fingerprint density at radius 3 is 2.35 bits per heavy atom. The lowest BCUT2D eigenvalue weighted by molar-refractivity contribution is 0.0773. The number of halogens is 1. The molecule has 0 saturated carbocycles. The maximum absolute atomic E-state index is 12.5. The number of amides is 1. The lowest BCUT2D eigenvalue weighted by Crippen LogP contribution is -2.46. The first-order chi connectivity index (χ1) is 11.7. The second kappa shape index (κ2) is 10.9. The van der Waals surface area contributed by atoms with Crippen LogP contribution in [-0.4, -0.2) is 46.6 Å². The van der Waals surface area contributed by atoms with Gasteiger partial charge in [-0.2, -0.15) is 0 Å². The van der Waals surface area contributed by atoms with Gasteiger partial charge in [-0.1, -0.05) is 25.6 Å². The molecule has 0 radical (unpaired) electrons. The van der Waals surface area contributed by atoms with Gasteiger partial charge in [-0.25, -0.2) is 0 Å². The molecule has 1 amide bonds. The van der Waals surface area contributed by atoms with Gasteiger partial charge in [0.1, 0.15) is 6.10 Å². The van der Waals surface area contributed by atoms with Gasteiger partial charge in [0, 0.05) is 24.5 Å². The first-order valence-electron chi connectivity index (χ1n) is 8.40. The lowest BCUT2D eigenvalue weighted by atomic mass is 10.0. The second-order valence-corrected chi connectivity index (χ2v) is 6.18. The molecule has 1 saturated heterocycles. The van der Waals surface area contributed by atoms with Gasteiger partial charge in [-0.3, -0.25) is 9.78 Å². The number of aromatic nitrogens is 1. The Morgan fingerprint density at radius 2 is 1.73 bits per heavy atom. The van der Waals surface area contributed by atoms with Gasteiger partial charge in [-0.05, 0) is 55.8 Å². The third-order valence-corrected chi connectivity index (χ3v) is 4.43. The van der Waals surface area contributed by atoms with Gasteiger partial charge in [0.15, 0.2) is 0 Å². The summed E-state index contributed by atoms with van der Waals surface area (Å²) in [7, 11) is 0. The normalized spacial score (nSPS) is 16.0. The number of carbonyl (C=O) groups is 1. The van der Waals surface area contributed by atoms with Crippen LogP contribution in [0.25, 0.3) is 0 Å². The average Bonchev–Trinajstić information content (AvgIpc) is 3.15. The molecule has 5 nitrogen and oxygen atoms in total. The minimum Gasteiger partial charge on any atom is -0.386 e. The van der Waals surface area contributed by atoms with Crippen LogP contribution in [0.5, 0.6) is 0 Å². The highest BCUT2D eigenvalue weighted by Crippen LogP contribution is 2.19. The summed E-state index contributed by atoms with van der Waals surface area (Å²) in [5.41, 5.74) is 1.37. The monoisotopic (exact) mass is 377 g/mol. The third kappa shape index (κ3) is 5.80. The van der Waals surface area contributed by atoms with Crippen molar-refractivity contribution in [3.63, 3.8) is 0 Å². The molecule has 6 heteroatoms. The third-order valence-electron chi connectivity index (χ3n) is 4.43. The Kier molecular flexibility index (Phi) is 9.27. The molecule has 1 aliphatic rings. The van der Waals surface area contributed by atoms with Gasteiger partial charge in [0.25, 0.3) is 5.91 Å². The molecule has 26 heavy (non-hydrogen) atoms. The van der Waals surface area contributed by atoms with Crippen LogP contribution >= 0.6 is 12.4 Å². The van der Waals surface area contributed by atoms with Gasteiger partial charge in [0.2, 0.25) is 0 Å². The fraction of sp³-hybridized carbons (Fsp3) is 0.400. The van der Waals surface area contributed by atoms with E-state index in [9.17, 15) is 9.90 Å². The van der Waals surface area contributed by atoms with Crippen LogP contribution in [0.15, 0.2) is 54.9 Å². The van der Waals surface area contributed by atoms with Crippen molar-refractivity contribution in [2.75, 3.05) is 19.6 Å². The topological polar surface area (TPSA) is 65.5 Å². The van der Waals surface area contributed by atoms with E-state index in [1.807, 2.05) is 18.2 Å². The van der Waals surface area contributed by atoms with E-state index in [-0.39, 0.29) is 31.8 Å². The average molecular weight is 378 g/mol. The predicted octanol–water partition coefficient (Wildman–Crippen LogP) is 3.07. The number of hydrogen-bond donors (Lipinski definition) is 2. The molecule has 2 atom stereocenters. The minimum absolute atomic E-state index is 0. The molecule has 1 fully saturated rings. The summed E-state index contributed by atoms with van der Waals surface area (Å²) in [6.45, 7) is 2.67. The van der Waals surface area contributed by atoms with Crippen LogP contribution in [0.3, 0.4) is 0 Å². The number of hydrogen-bond acceptors (Lipinski definition) is 4. The van der Waals surface area contributed by atoms with Crippen LogP contribution in [0.2, 0.25) is 0 Å². The molecule has 142 valence electrons. The molecule has 0 unspecified atom stereocenters. The molecule has 2 aromatic rings. The van der Waals surface area contributed by atoms with Crippen molar-refractivity contribution in [2.24, 2.45) is 0 Å². The molecule has 0 spiro atoms. The van der Waals surface area contributed by atoms with E-state index in [2.05, 4.69) is 15.2 Å². The summed E-state index contributed by atoms with van der Waals surface area (Å²) in [5, 5.41) is 13.8. The molecular formula is C20H28ClN3O2. The quantitative estimate of drug-likeness (QED) is 0.812. The molecule has 0 aliphatic carbocycles. The molecule has 2 heterocycles. The summed E-state index contributed by atoms with van der Waals surface area (Å²) in [5.74, 6) is -0.159. The molecule has 3 rings (SSSR count). The smallest absolute Gasteiger partial charge is 0.251 e. The molecule has 0 bridgehead atoms. The molecule has 2 N–H and O–H groups in total. The number of carbonyl (C=O) groups excluding carboxylic acids is 1. The number of pyridine rings is 1. The van der Waals surface area contributed by atoms with Crippen molar-refractivity contribution in [3.8, 4) is 0 Å². The fourth-order valence-electron chi connectivity index (χ4n) is 3.10. The zero-order valence-electron chi connectivity index (χ0n) is 14.0. The highest BCUT2D eigenvalue weighted by atomic mass is 35.5. The Labute approximate surface area is 161 Å². The molecule has 1 aromatic heterocycles. The van der Waals surface area contributed by atoms with Crippen LogP contribution in [0, 0.1) is 0 Å². The largest absolute Gasteiger partial charge is 0.386 e. The van der Waals surface area contributed by atoms with Crippen molar-refractivity contribution >= 4 is 18.3 Å². The maximum Gasteiger partial charge on any atom is 0.251 e. The van der Waals surface area contributed by atoms with E-state index in [0.717, 1.165) is 18.7 Å². The Balaban J connectivity index is 0.00000169. The van der Waals surface area contributed by atoms with Crippen molar-refractivity contribution < 1.29 is 9.90 Å². The molecule has 1 aromatic carbocycles. The number of rotatable bonds is 6. The Morgan fingerprint density at radius 1 is 1.12 bits per heavy atom. The predicted molar refractivity (Wildman–Crippen MR) is 107 cm³/mol. The minimum atomic E-state index is -0.763. The molecular weight excluding hydrogens is 350 g/mol. The standard InChI is InChI=1S/C19H23N3O2.CH4.ClH/c23-18(15-8-10-20-11-9-15)17(14-22-12-4-5-13-22)21-19(24)16-6-2-1-3-7-16;;/h1-3,6-11,17-18,23H,4-5,12-14H2,(H,21,24);1H4;1H/t17-,18-;;/m0../s1. The summed E-state index contributed by atoms with van der Waals surface area (Å²) in [6.07, 6.45) is 4.89. The van der Waals surface area contributed by atoms with Gasteiger partial charge in [0.05, 0.1) is 6.04 Å². The highest BCUT2D eigenvalue weighted by molar-refractivity contribution is 5.94. The van der Waals surface area contributed by atoms with E-state index in [0.29, 0.717) is 12.1 Å². The summed E-state index contributed by atoms with van der Waals surface area (Å²) >= 11 is 0. The Hall–Kier alpha value is -1.95. The Bertz CT molecular complexity index is 649. The number of aliphatic hydroxyl groups excluding tert-OH is 1. The number of likely N-dealkylation sites (tertiary alicyclic amines) is 1. The van der Waals surface area contributed by atoms with Crippen molar-refractivity contribution in [1.29, 1.82) is 0 Å². The van der Waals surface area contributed by atoms with E-state index >= 15 is 0 Å². The van der Waals surface area contributed by atoms with E-state index < -0.39 is 6.10 Å². The highest BCUT2D eigenvalue weighted by Gasteiger charge is 2.26. The van der Waals surface area contributed by atoms with Crippen molar-refractivity contribution in [3.05, 3.63) is 66.0 Å². The van der Waals surface area contributed by atoms with Gasteiger partial charge < -0.3 is 15.3 Å². The zero-order valence-corrected chi connectivity index (χ0v) is 14.9. The van der Waals surface area contributed by atoms with E-state index in [4.69, 9.17) is 0 Å². The van der Waals surface area contributed by atoms with Crippen LogP contribution in [0.1, 0.15) is 42.3 Å². The van der Waals surface area contributed by atoms with Gasteiger partial charge >= 0.3 is 0 Å². The first kappa shape index (κ1) is 22.1. The maximum atomic E-state index is 12.5. The molecule has 1 aliphatic heterocycles. The summed E-state index contributed by atoms with van der Waals surface area (Å²) < 4.78 is 0. The summed E-state index contributed by atoms with van der Waals surface area (Å²) in [6, 6.07) is 12.3. The number of benzene rings is 1. The van der Waals surface area contributed by atoms with Gasteiger partial charge in [-0.15, -0.1) is 12.4 Å². The second-order valence-electron chi connectivity index (χ2n) is 6.18. The van der Waals surface area contributed by atoms with Crippen LogP contribution < -0.4 is 5.32 Å².